The minimum absolute atomic E-state index is 0.0953. The SMILES string of the molecule is CC(=O)OCC(=O)[C@@]1(O)[C@H](C)C[C@H]2C3CCC4=CC(=O)C=C[C@]4(C)[C@@]3(F)[C@@H](O)C[C@@]21C. The summed E-state index contributed by atoms with van der Waals surface area (Å²) in [5.74, 6) is -2.80. The first kappa shape index (κ1) is 22.3. The Kier molecular flexibility index (Phi) is 4.91. The molecule has 0 amide bonds. The summed E-state index contributed by atoms with van der Waals surface area (Å²) in [6, 6.07) is 0. The maximum Gasteiger partial charge on any atom is 0.303 e. The molecule has 4 rings (SSSR count). The number of Topliss-reactive ketones (excluding diaryl/α,β-unsaturated/α-hetero) is 1. The van der Waals surface area contributed by atoms with Crippen LogP contribution >= 0.6 is 0 Å². The van der Waals surface area contributed by atoms with Crippen molar-refractivity contribution in [1.82, 2.24) is 0 Å². The number of esters is 1. The Hall–Kier alpha value is -1.86. The van der Waals surface area contributed by atoms with Crippen molar-refractivity contribution in [2.24, 2.45) is 28.6 Å². The summed E-state index contributed by atoms with van der Waals surface area (Å²) in [5.41, 5.74) is -5.33. The quantitative estimate of drug-likeness (QED) is 0.662. The van der Waals surface area contributed by atoms with Crippen LogP contribution in [0.15, 0.2) is 23.8 Å². The number of halogens is 1. The van der Waals surface area contributed by atoms with Crippen molar-refractivity contribution >= 4 is 17.5 Å². The monoisotopic (exact) mass is 434 g/mol. The lowest BCUT2D eigenvalue weighted by Gasteiger charge is -2.62. The summed E-state index contributed by atoms with van der Waals surface area (Å²) in [7, 11) is 0. The van der Waals surface area contributed by atoms with E-state index in [2.05, 4.69) is 0 Å². The second-order valence-corrected chi connectivity index (χ2v) is 10.4. The highest BCUT2D eigenvalue weighted by molar-refractivity contribution is 6.01. The van der Waals surface area contributed by atoms with Gasteiger partial charge in [0.25, 0.3) is 0 Å². The van der Waals surface area contributed by atoms with E-state index in [1.165, 1.54) is 19.1 Å². The highest BCUT2D eigenvalue weighted by Gasteiger charge is 2.75. The standard InChI is InChI=1S/C24H31FO6/c1-13-9-18-17-6-5-15-10-16(27)7-8-21(15,3)23(17,25)19(28)11-22(18,4)24(13,30)20(29)12-31-14(2)26/h7-8,10,13,17-19,28,30H,5-6,9,11-12H2,1-4H3/t13-,17?,18+,19+,21+,22+,23+,24+/m1/s1. The number of carbonyl (C=O) groups excluding carboxylic acids is 3. The third kappa shape index (κ3) is 2.65. The van der Waals surface area contributed by atoms with E-state index >= 15 is 4.39 Å². The second-order valence-electron chi connectivity index (χ2n) is 10.4. The summed E-state index contributed by atoms with van der Waals surface area (Å²) in [6.07, 6.45) is 4.29. The van der Waals surface area contributed by atoms with Gasteiger partial charge in [0, 0.05) is 23.7 Å². The van der Waals surface area contributed by atoms with Gasteiger partial charge < -0.3 is 14.9 Å². The van der Waals surface area contributed by atoms with E-state index in [9.17, 15) is 24.6 Å². The molecule has 170 valence electrons. The van der Waals surface area contributed by atoms with Crippen LogP contribution in [0.3, 0.4) is 0 Å². The Balaban J connectivity index is 1.76. The maximum absolute atomic E-state index is 17.0. The van der Waals surface area contributed by atoms with Gasteiger partial charge >= 0.3 is 5.97 Å². The molecule has 0 bridgehead atoms. The number of allylic oxidation sites excluding steroid dienone is 4. The van der Waals surface area contributed by atoms with Gasteiger partial charge in [0.1, 0.15) is 5.60 Å². The summed E-state index contributed by atoms with van der Waals surface area (Å²) in [4.78, 5) is 36.2. The minimum Gasteiger partial charge on any atom is -0.458 e. The topological polar surface area (TPSA) is 101 Å². The third-order valence-electron chi connectivity index (χ3n) is 9.05. The molecule has 6 nitrogen and oxygen atoms in total. The molecule has 0 saturated heterocycles. The average Bonchev–Trinajstić information content (AvgIpc) is 2.89. The van der Waals surface area contributed by atoms with Crippen molar-refractivity contribution in [2.45, 2.75) is 70.8 Å². The Morgan fingerprint density at radius 3 is 2.61 bits per heavy atom. The number of rotatable bonds is 3. The van der Waals surface area contributed by atoms with E-state index in [0.29, 0.717) is 24.8 Å². The number of carbonyl (C=O) groups is 3. The largest absolute Gasteiger partial charge is 0.458 e. The lowest BCUT2D eigenvalue weighted by Crippen LogP contribution is -2.69. The van der Waals surface area contributed by atoms with Gasteiger partial charge in [-0.25, -0.2) is 4.39 Å². The van der Waals surface area contributed by atoms with Gasteiger partial charge in [-0.3, -0.25) is 14.4 Å². The van der Waals surface area contributed by atoms with Crippen molar-refractivity contribution in [2.75, 3.05) is 6.61 Å². The number of fused-ring (bicyclic) bond motifs is 5. The zero-order chi connectivity index (χ0) is 23.0. The zero-order valence-electron chi connectivity index (χ0n) is 18.5. The zero-order valence-corrected chi connectivity index (χ0v) is 18.5. The number of aliphatic hydroxyl groups is 2. The van der Waals surface area contributed by atoms with Crippen molar-refractivity contribution in [1.29, 1.82) is 0 Å². The van der Waals surface area contributed by atoms with Crippen LogP contribution in [-0.2, 0) is 19.1 Å². The molecular formula is C24H31FO6. The average molecular weight is 435 g/mol. The number of ether oxygens (including phenoxy) is 1. The molecule has 7 heteroatoms. The van der Waals surface area contributed by atoms with Gasteiger partial charge in [-0.2, -0.15) is 0 Å². The molecule has 0 radical (unpaired) electrons. The predicted molar refractivity (Wildman–Crippen MR) is 109 cm³/mol. The van der Waals surface area contributed by atoms with Gasteiger partial charge in [-0.15, -0.1) is 0 Å². The first-order chi connectivity index (χ1) is 14.3. The van der Waals surface area contributed by atoms with Gasteiger partial charge in [-0.05, 0) is 56.6 Å². The van der Waals surface area contributed by atoms with Gasteiger partial charge in [-0.1, -0.05) is 25.5 Å². The van der Waals surface area contributed by atoms with E-state index in [-0.39, 0.29) is 18.1 Å². The van der Waals surface area contributed by atoms with Gasteiger partial charge in [0.2, 0.25) is 5.78 Å². The fourth-order valence-corrected chi connectivity index (χ4v) is 7.42. The van der Waals surface area contributed by atoms with Crippen LogP contribution in [0.5, 0.6) is 0 Å². The van der Waals surface area contributed by atoms with E-state index in [1.54, 1.807) is 26.8 Å². The van der Waals surface area contributed by atoms with E-state index in [1.807, 2.05) is 0 Å². The van der Waals surface area contributed by atoms with Crippen molar-refractivity contribution in [3.8, 4) is 0 Å². The van der Waals surface area contributed by atoms with Crippen molar-refractivity contribution in [3.05, 3.63) is 23.8 Å². The predicted octanol–water partition coefficient (Wildman–Crippen LogP) is 2.47. The molecule has 0 heterocycles. The molecule has 0 aliphatic heterocycles. The maximum atomic E-state index is 17.0. The molecule has 3 fully saturated rings. The lowest BCUT2D eigenvalue weighted by molar-refractivity contribution is -0.219. The Morgan fingerprint density at radius 1 is 1.29 bits per heavy atom. The summed E-state index contributed by atoms with van der Waals surface area (Å²) >= 11 is 0. The number of ketones is 2. The number of aliphatic hydroxyl groups excluding tert-OH is 1. The number of hydrogen-bond acceptors (Lipinski definition) is 6. The first-order valence-electron chi connectivity index (χ1n) is 11.0. The smallest absolute Gasteiger partial charge is 0.303 e. The number of hydrogen-bond donors (Lipinski definition) is 2. The molecule has 4 aliphatic carbocycles. The van der Waals surface area contributed by atoms with Crippen molar-refractivity contribution < 1.29 is 33.7 Å². The first-order valence-corrected chi connectivity index (χ1v) is 11.0. The molecule has 3 saturated carbocycles. The Morgan fingerprint density at radius 2 is 1.97 bits per heavy atom. The summed E-state index contributed by atoms with van der Waals surface area (Å²) < 4.78 is 21.9. The fraction of sp³-hybridized carbons (Fsp3) is 0.708. The molecule has 0 spiro atoms. The van der Waals surface area contributed by atoms with Gasteiger partial charge in [0.05, 0.1) is 6.10 Å². The Labute approximate surface area is 181 Å². The summed E-state index contributed by atoms with van der Waals surface area (Å²) in [6.45, 7) is 5.89. The van der Waals surface area contributed by atoms with Crippen LogP contribution in [0.2, 0.25) is 0 Å². The molecule has 2 N–H and O–H groups in total. The second kappa shape index (κ2) is 6.82. The Bertz CT molecular complexity index is 910. The fourth-order valence-electron chi connectivity index (χ4n) is 7.42. The summed E-state index contributed by atoms with van der Waals surface area (Å²) in [5, 5.41) is 22.9. The number of alkyl halides is 1. The van der Waals surface area contributed by atoms with E-state index < -0.39 is 58.4 Å². The molecule has 0 aromatic rings. The lowest BCUT2D eigenvalue weighted by atomic mass is 9.44. The van der Waals surface area contributed by atoms with Crippen LogP contribution in [0.1, 0.15) is 53.4 Å². The normalized spacial score (nSPS) is 48.4. The molecule has 31 heavy (non-hydrogen) atoms. The van der Waals surface area contributed by atoms with E-state index in [4.69, 9.17) is 4.74 Å². The highest BCUT2D eigenvalue weighted by Crippen LogP contribution is 2.70. The van der Waals surface area contributed by atoms with Crippen LogP contribution in [0.4, 0.5) is 4.39 Å². The minimum atomic E-state index is -2.01. The molecule has 0 aromatic carbocycles. The van der Waals surface area contributed by atoms with Gasteiger partial charge in [0.15, 0.2) is 18.1 Å². The molecule has 4 aliphatic rings. The van der Waals surface area contributed by atoms with Crippen LogP contribution < -0.4 is 0 Å². The molecule has 1 unspecified atom stereocenters. The highest BCUT2D eigenvalue weighted by atomic mass is 19.1. The van der Waals surface area contributed by atoms with Crippen LogP contribution in [0.25, 0.3) is 0 Å². The van der Waals surface area contributed by atoms with E-state index in [0.717, 1.165) is 0 Å². The molecule has 8 atom stereocenters. The van der Waals surface area contributed by atoms with Crippen LogP contribution in [0, 0.1) is 28.6 Å². The van der Waals surface area contributed by atoms with Crippen molar-refractivity contribution in [3.63, 3.8) is 0 Å². The molecular weight excluding hydrogens is 403 g/mol. The third-order valence-corrected chi connectivity index (χ3v) is 9.05. The van der Waals surface area contributed by atoms with Crippen LogP contribution in [-0.4, -0.2) is 51.7 Å². The molecule has 0 aromatic heterocycles.